The number of likely N-dealkylation sites (N-methyl/N-ethyl adjacent to an activating group) is 1. The third-order valence-electron chi connectivity index (χ3n) is 5.42. The molecule has 2 aliphatic heterocycles. The van der Waals surface area contributed by atoms with Gasteiger partial charge in [-0.1, -0.05) is 53.0 Å². The van der Waals surface area contributed by atoms with Gasteiger partial charge in [-0.15, -0.1) is 0 Å². The van der Waals surface area contributed by atoms with Crippen LogP contribution >= 0.6 is 34.8 Å². The van der Waals surface area contributed by atoms with Gasteiger partial charge in [0.05, 0.1) is 15.7 Å². The van der Waals surface area contributed by atoms with Gasteiger partial charge in [-0.3, -0.25) is 19.9 Å². The number of nitrogens with one attached hydrogen (secondary N) is 1. The minimum absolute atomic E-state index is 0.0868. The predicted octanol–water partition coefficient (Wildman–Crippen LogP) is 3.81. The molecule has 2 aromatic carbocycles. The molecule has 1 saturated heterocycles. The molecule has 31 heavy (non-hydrogen) atoms. The van der Waals surface area contributed by atoms with Crippen molar-refractivity contribution in [3.8, 4) is 0 Å². The summed E-state index contributed by atoms with van der Waals surface area (Å²) in [5.41, 5.74) is 5.17. The smallest absolute Gasteiger partial charge is 0.259 e. The SMILES string of the molecule is CN1CCN(NC(=O)CN2C(=O)/C(=C/c3c(Cl)ccc(Cl)c3Cl)c3ccccc32)CC1. The molecule has 0 atom stereocenters. The Labute approximate surface area is 195 Å². The number of hydrazine groups is 1. The van der Waals surface area contributed by atoms with E-state index in [9.17, 15) is 9.59 Å². The van der Waals surface area contributed by atoms with Crippen molar-refractivity contribution < 1.29 is 9.59 Å². The van der Waals surface area contributed by atoms with Crippen LogP contribution in [0.2, 0.25) is 15.1 Å². The van der Waals surface area contributed by atoms with Gasteiger partial charge in [-0.2, -0.15) is 0 Å². The van der Waals surface area contributed by atoms with Crippen molar-refractivity contribution in [2.75, 3.05) is 44.7 Å². The second-order valence-corrected chi connectivity index (χ2v) is 8.74. The van der Waals surface area contributed by atoms with Crippen LogP contribution in [0, 0.1) is 0 Å². The third-order valence-corrected chi connectivity index (χ3v) is 6.56. The Morgan fingerprint density at radius 3 is 2.45 bits per heavy atom. The van der Waals surface area contributed by atoms with Crippen LogP contribution < -0.4 is 10.3 Å². The number of rotatable bonds is 4. The zero-order chi connectivity index (χ0) is 22.1. The van der Waals surface area contributed by atoms with Crippen LogP contribution in [-0.4, -0.2) is 61.5 Å². The summed E-state index contributed by atoms with van der Waals surface area (Å²) in [5, 5.41) is 2.90. The molecule has 0 radical (unpaired) electrons. The summed E-state index contributed by atoms with van der Waals surface area (Å²) in [6, 6.07) is 10.6. The second kappa shape index (κ2) is 9.18. The maximum absolute atomic E-state index is 13.3. The Bertz CT molecular complexity index is 1060. The summed E-state index contributed by atoms with van der Waals surface area (Å²) in [5.74, 6) is -0.533. The fourth-order valence-electron chi connectivity index (χ4n) is 3.70. The number of benzene rings is 2. The molecule has 0 bridgehead atoms. The maximum atomic E-state index is 13.3. The third kappa shape index (κ3) is 4.59. The average molecular weight is 480 g/mol. The first kappa shape index (κ1) is 22.1. The van der Waals surface area contributed by atoms with Crippen molar-refractivity contribution in [1.29, 1.82) is 0 Å². The first-order chi connectivity index (χ1) is 14.8. The number of hydrogen-bond donors (Lipinski definition) is 1. The van der Waals surface area contributed by atoms with Crippen LogP contribution in [0.25, 0.3) is 11.6 Å². The summed E-state index contributed by atoms with van der Waals surface area (Å²) < 4.78 is 0. The average Bonchev–Trinajstić information content (AvgIpc) is 3.01. The normalized spacial score (nSPS) is 18.5. The highest BCUT2D eigenvalue weighted by Gasteiger charge is 2.34. The Morgan fingerprint density at radius 1 is 1.03 bits per heavy atom. The molecule has 0 unspecified atom stereocenters. The highest BCUT2D eigenvalue weighted by atomic mass is 35.5. The Morgan fingerprint density at radius 2 is 1.71 bits per heavy atom. The van der Waals surface area contributed by atoms with Gasteiger partial charge in [0.25, 0.3) is 11.8 Å². The maximum Gasteiger partial charge on any atom is 0.259 e. The van der Waals surface area contributed by atoms with Gasteiger partial charge in [-0.25, -0.2) is 5.01 Å². The lowest BCUT2D eigenvalue weighted by atomic mass is 10.0. The highest BCUT2D eigenvalue weighted by Crippen LogP contribution is 2.40. The molecule has 0 spiro atoms. The minimum Gasteiger partial charge on any atom is -0.304 e. The number of piperazine rings is 1. The molecule has 9 heteroatoms. The number of halogens is 3. The van der Waals surface area contributed by atoms with E-state index in [4.69, 9.17) is 34.8 Å². The lowest BCUT2D eigenvalue weighted by Crippen LogP contribution is -2.54. The van der Waals surface area contributed by atoms with E-state index in [1.807, 2.05) is 36.3 Å². The minimum atomic E-state index is -0.290. The van der Waals surface area contributed by atoms with Crippen LogP contribution in [0.1, 0.15) is 11.1 Å². The van der Waals surface area contributed by atoms with Gasteiger partial charge in [0.1, 0.15) is 6.54 Å². The molecule has 4 rings (SSSR count). The molecule has 2 heterocycles. The van der Waals surface area contributed by atoms with E-state index in [0.29, 0.717) is 32.4 Å². The van der Waals surface area contributed by atoms with E-state index < -0.39 is 0 Å². The summed E-state index contributed by atoms with van der Waals surface area (Å²) in [4.78, 5) is 29.6. The van der Waals surface area contributed by atoms with Crippen molar-refractivity contribution in [2.45, 2.75) is 0 Å². The number of para-hydroxylation sites is 1. The quantitative estimate of drug-likeness (QED) is 0.535. The molecule has 1 fully saturated rings. The molecule has 1 N–H and O–H groups in total. The topological polar surface area (TPSA) is 55.9 Å². The van der Waals surface area contributed by atoms with Crippen LogP contribution in [-0.2, 0) is 9.59 Å². The zero-order valence-corrected chi connectivity index (χ0v) is 19.1. The number of nitrogens with zero attached hydrogens (tertiary/aromatic N) is 3. The number of anilines is 1. The summed E-state index contributed by atoms with van der Waals surface area (Å²) in [6.07, 6.45) is 1.64. The van der Waals surface area contributed by atoms with E-state index in [1.54, 1.807) is 18.2 Å². The van der Waals surface area contributed by atoms with Gasteiger partial charge >= 0.3 is 0 Å². The van der Waals surface area contributed by atoms with Crippen molar-refractivity contribution in [1.82, 2.24) is 15.3 Å². The number of amides is 2. The van der Waals surface area contributed by atoms with Crippen LogP contribution in [0.3, 0.4) is 0 Å². The van der Waals surface area contributed by atoms with E-state index in [0.717, 1.165) is 26.2 Å². The van der Waals surface area contributed by atoms with E-state index in [2.05, 4.69) is 10.3 Å². The van der Waals surface area contributed by atoms with Crippen LogP contribution in [0.4, 0.5) is 5.69 Å². The van der Waals surface area contributed by atoms with Gasteiger partial charge in [0, 0.05) is 47.9 Å². The zero-order valence-electron chi connectivity index (χ0n) is 16.9. The highest BCUT2D eigenvalue weighted by molar-refractivity contribution is 6.46. The fourth-order valence-corrected chi connectivity index (χ4v) is 4.34. The molecule has 2 aliphatic rings. The molecule has 162 valence electrons. The molecular formula is C22H21Cl3N4O2. The first-order valence-corrected chi connectivity index (χ1v) is 11.0. The fraction of sp³-hybridized carbons (Fsp3) is 0.273. The van der Waals surface area contributed by atoms with Gasteiger partial charge in [-0.05, 0) is 31.3 Å². The number of fused-ring (bicyclic) bond motifs is 1. The predicted molar refractivity (Wildman–Crippen MR) is 125 cm³/mol. The molecule has 0 saturated carbocycles. The largest absolute Gasteiger partial charge is 0.304 e. The van der Waals surface area contributed by atoms with Crippen molar-refractivity contribution in [3.05, 3.63) is 62.6 Å². The molecule has 0 aliphatic carbocycles. The number of carbonyl (C=O) groups excluding carboxylic acids is 2. The Kier molecular flexibility index (Phi) is 6.55. The van der Waals surface area contributed by atoms with Gasteiger partial charge in [0.2, 0.25) is 0 Å². The number of hydrogen-bond acceptors (Lipinski definition) is 4. The molecule has 2 amide bonds. The van der Waals surface area contributed by atoms with E-state index in [-0.39, 0.29) is 23.4 Å². The molecule has 0 aromatic heterocycles. The van der Waals surface area contributed by atoms with Crippen LogP contribution in [0.15, 0.2) is 36.4 Å². The Balaban J connectivity index is 1.60. The Hall–Kier alpha value is -2.09. The number of carbonyl (C=O) groups is 2. The van der Waals surface area contributed by atoms with Crippen molar-refractivity contribution >= 4 is 64.0 Å². The molecule has 2 aromatic rings. The summed E-state index contributed by atoms with van der Waals surface area (Å²) in [7, 11) is 2.05. The van der Waals surface area contributed by atoms with Crippen molar-refractivity contribution in [2.24, 2.45) is 0 Å². The first-order valence-electron chi connectivity index (χ1n) is 9.84. The molecule has 6 nitrogen and oxygen atoms in total. The van der Waals surface area contributed by atoms with Crippen LogP contribution in [0.5, 0.6) is 0 Å². The van der Waals surface area contributed by atoms with Crippen molar-refractivity contribution in [3.63, 3.8) is 0 Å². The van der Waals surface area contributed by atoms with Gasteiger partial charge < -0.3 is 4.90 Å². The van der Waals surface area contributed by atoms with Gasteiger partial charge in [0.15, 0.2) is 0 Å². The lowest BCUT2D eigenvalue weighted by Gasteiger charge is -2.32. The summed E-state index contributed by atoms with van der Waals surface area (Å²) in [6.45, 7) is 3.14. The second-order valence-electron chi connectivity index (χ2n) is 7.55. The lowest BCUT2D eigenvalue weighted by molar-refractivity contribution is -0.126. The monoisotopic (exact) mass is 478 g/mol. The standard InChI is InChI=1S/C22H21Cl3N4O2/c1-27-8-10-28(11-9-27)26-20(30)13-29-19-5-3-2-4-14(19)15(22(29)31)12-16-17(23)6-7-18(24)21(16)25/h2-7,12H,8-11,13H2,1H3,(H,26,30)/b15-12+. The summed E-state index contributed by atoms with van der Waals surface area (Å²) >= 11 is 18.8. The molecular weight excluding hydrogens is 459 g/mol. The van der Waals surface area contributed by atoms with E-state index in [1.165, 1.54) is 4.90 Å². The van der Waals surface area contributed by atoms with E-state index >= 15 is 0 Å².